The molecule has 1 unspecified atom stereocenters. The van der Waals surface area contributed by atoms with Gasteiger partial charge in [-0.25, -0.2) is 0 Å². The van der Waals surface area contributed by atoms with E-state index >= 15 is 0 Å². The Morgan fingerprint density at radius 3 is 1.98 bits per heavy atom. The molecule has 1 amide bonds. The van der Waals surface area contributed by atoms with E-state index in [1.54, 1.807) is 12.1 Å². The van der Waals surface area contributed by atoms with Gasteiger partial charge in [-0.15, -0.1) is 0 Å². The minimum atomic E-state index is -0.429. The van der Waals surface area contributed by atoms with E-state index in [0.29, 0.717) is 18.3 Å². The zero-order valence-corrected chi connectivity index (χ0v) is 24.8. The van der Waals surface area contributed by atoms with Gasteiger partial charge < -0.3 is 15.5 Å². The third-order valence-corrected chi connectivity index (χ3v) is 7.76. The number of hydrogen-bond donors (Lipinski definition) is 3. The molecule has 1 aliphatic rings. The fourth-order valence-corrected chi connectivity index (χ4v) is 5.41. The molecule has 0 saturated heterocycles. The van der Waals surface area contributed by atoms with E-state index < -0.39 is 5.43 Å². The number of hydrogen-bond acceptors (Lipinski definition) is 5. The van der Waals surface area contributed by atoms with Gasteiger partial charge in [-0.1, -0.05) is 45.9 Å². The van der Waals surface area contributed by atoms with Crippen molar-refractivity contribution in [1.82, 2.24) is 5.32 Å². The highest BCUT2D eigenvalue weighted by atomic mass is 16.3. The van der Waals surface area contributed by atoms with Crippen molar-refractivity contribution in [1.29, 1.82) is 0 Å². The summed E-state index contributed by atoms with van der Waals surface area (Å²) in [7, 11) is 0. The molecule has 0 spiro atoms. The Balaban J connectivity index is 0.000000252. The molecule has 212 valence electrons. The zero-order chi connectivity index (χ0) is 29.9. The average molecular weight is 544 g/mol. The maximum absolute atomic E-state index is 12.2. The second-order valence-electron chi connectivity index (χ2n) is 11.3. The molecule has 40 heavy (non-hydrogen) atoms. The van der Waals surface area contributed by atoms with Crippen LogP contribution in [0.15, 0.2) is 52.1 Å². The highest BCUT2D eigenvalue weighted by molar-refractivity contribution is 5.79. The molecule has 1 atom stereocenters. The molecule has 3 N–H and O–H groups in total. The topological polar surface area (TPSA) is 104 Å². The molecule has 6 heteroatoms. The summed E-state index contributed by atoms with van der Waals surface area (Å²) >= 11 is 0. The van der Waals surface area contributed by atoms with Crippen LogP contribution in [-0.4, -0.2) is 16.1 Å². The molecule has 1 aliphatic carbocycles. The highest BCUT2D eigenvalue weighted by Gasteiger charge is 2.25. The summed E-state index contributed by atoms with van der Waals surface area (Å²) in [6.45, 7) is 16.1. The molecule has 6 nitrogen and oxygen atoms in total. The third-order valence-electron chi connectivity index (χ3n) is 7.76. The van der Waals surface area contributed by atoms with Crippen LogP contribution in [-0.2, 0) is 11.2 Å². The summed E-state index contributed by atoms with van der Waals surface area (Å²) in [6, 6.07) is 11.6. The summed E-state index contributed by atoms with van der Waals surface area (Å²) in [4.78, 5) is 35.3. The largest absolute Gasteiger partial charge is 0.504 e. The molecule has 0 bridgehead atoms. The minimum Gasteiger partial charge on any atom is -0.504 e. The first-order valence-corrected chi connectivity index (χ1v) is 13.8. The predicted molar refractivity (Wildman–Crippen MR) is 161 cm³/mol. The lowest BCUT2D eigenvalue weighted by atomic mass is 9.88. The molecule has 0 aliphatic heterocycles. The number of amides is 1. The Kier molecular flexibility index (Phi) is 9.56. The van der Waals surface area contributed by atoms with Crippen molar-refractivity contribution in [2.45, 2.75) is 86.1 Å². The van der Waals surface area contributed by atoms with E-state index in [2.05, 4.69) is 59.8 Å². The molecule has 4 rings (SSSR count). The van der Waals surface area contributed by atoms with Gasteiger partial charge >= 0.3 is 0 Å². The second-order valence-corrected chi connectivity index (χ2v) is 11.3. The van der Waals surface area contributed by atoms with Gasteiger partial charge in [0.2, 0.25) is 16.8 Å². The number of aromatic hydroxyl groups is 2. The number of aryl methyl sites for hydroxylation is 2. The molecule has 0 aromatic heterocycles. The molecule has 0 heterocycles. The smallest absolute Gasteiger partial charge is 0.220 e. The SMILES string of the molecule is CC(=O)NC1CCc2cc(C)c(C)c(C)c2-c2ccc(O)c(=O)cc21.CC(C)c1ccc(O)c(=O)cc1C(C)C. The van der Waals surface area contributed by atoms with E-state index in [0.717, 1.165) is 34.2 Å². The van der Waals surface area contributed by atoms with Crippen molar-refractivity contribution >= 4 is 5.91 Å². The van der Waals surface area contributed by atoms with Crippen molar-refractivity contribution in [2.24, 2.45) is 0 Å². The first-order valence-electron chi connectivity index (χ1n) is 13.8. The molecule has 0 fully saturated rings. The molecule has 3 aromatic carbocycles. The van der Waals surface area contributed by atoms with Crippen LogP contribution in [0.4, 0.5) is 0 Å². The summed E-state index contributed by atoms with van der Waals surface area (Å²) in [5.41, 5.74) is 9.07. The van der Waals surface area contributed by atoms with Crippen LogP contribution in [0.2, 0.25) is 0 Å². The Morgan fingerprint density at radius 2 is 1.40 bits per heavy atom. The Bertz CT molecular complexity index is 1560. The van der Waals surface area contributed by atoms with Crippen LogP contribution in [0, 0.1) is 20.8 Å². The molecule has 0 radical (unpaired) electrons. The van der Waals surface area contributed by atoms with Crippen LogP contribution in [0.5, 0.6) is 11.5 Å². The van der Waals surface area contributed by atoms with Gasteiger partial charge in [-0.2, -0.15) is 0 Å². The summed E-state index contributed by atoms with van der Waals surface area (Å²) in [5.74, 6) is 0.0613. The summed E-state index contributed by atoms with van der Waals surface area (Å²) in [5, 5.41) is 22.2. The van der Waals surface area contributed by atoms with Crippen molar-refractivity contribution in [3.8, 4) is 22.6 Å². The van der Waals surface area contributed by atoms with Crippen molar-refractivity contribution in [3.05, 3.63) is 102 Å². The quantitative estimate of drug-likeness (QED) is 0.351. The molecule has 3 aromatic rings. The van der Waals surface area contributed by atoms with E-state index in [-0.39, 0.29) is 28.9 Å². The predicted octanol–water partition coefficient (Wildman–Crippen LogP) is 6.47. The number of fused-ring (bicyclic) bond motifs is 3. The number of carbonyl (C=O) groups excluding carboxylic acids is 1. The fraction of sp³-hybridized carbons (Fsp3) is 0.382. The lowest BCUT2D eigenvalue weighted by Crippen LogP contribution is -2.26. The van der Waals surface area contributed by atoms with Crippen molar-refractivity contribution in [2.75, 3.05) is 0 Å². The Hall–Kier alpha value is -3.93. The van der Waals surface area contributed by atoms with Crippen molar-refractivity contribution < 1.29 is 15.0 Å². The van der Waals surface area contributed by atoms with Crippen LogP contribution < -0.4 is 16.2 Å². The zero-order valence-electron chi connectivity index (χ0n) is 24.8. The molecule has 0 saturated carbocycles. The normalized spacial score (nSPS) is 14.0. The van der Waals surface area contributed by atoms with E-state index in [9.17, 15) is 24.6 Å². The van der Waals surface area contributed by atoms with Crippen LogP contribution >= 0.6 is 0 Å². The maximum atomic E-state index is 12.2. The Labute approximate surface area is 236 Å². The van der Waals surface area contributed by atoms with Gasteiger partial charge in [-0.05, 0) is 120 Å². The van der Waals surface area contributed by atoms with Gasteiger partial charge in [0.15, 0.2) is 11.5 Å². The number of nitrogens with one attached hydrogen (secondary N) is 1. The summed E-state index contributed by atoms with van der Waals surface area (Å²) in [6.07, 6.45) is 1.53. The number of rotatable bonds is 3. The number of carbonyl (C=O) groups is 1. The molecular formula is C34H41NO5. The standard InChI is InChI=1S/C21H23NO3.C13H18O2/c1-11-9-15-5-7-18(22-14(4)23)17-10-20(25)19(24)8-6-16(17)21(15)13(3)12(11)2;1-8(2)10-5-6-12(14)13(15)7-11(10)9(3)4/h6,8-10,18H,5,7H2,1-4H3,(H,22,23)(H,24,25);5-9H,1-4H3,(H,14,15). The highest BCUT2D eigenvalue weighted by Crippen LogP contribution is 2.40. The second kappa shape index (κ2) is 12.5. The third kappa shape index (κ3) is 6.61. The molecular weight excluding hydrogens is 502 g/mol. The maximum Gasteiger partial charge on any atom is 0.220 e. The first-order chi connectivity index (χ1) is 18.7. The van der Waals surface area contributed by atoms with Crippen molar-refractivity contribution in [3.63, 3.8) is 0 Å². The van der Waals surface area contributed by atoms with Crippen LogP contribution in [0.3, 0.4) is 0 Å². The van der Waals surface area contributed by atoms with Gasteiger partial charge in [0, 0.05) is 6.92 Å². The van der Waals surface area contributed by atoms with Gasteiger partial charge in [0.05, 0.1) is 6.04 Å². The lowest BCUT2D eigenvalue weighted by Gasteiger charge is -2.18. The summed E-state index contributed by atoms with van der Waals surface area (Å²) < 4.78 is 0. The van der Waals surface area contributed by atoms with E-state index in [4.69, 9.17) is 0 Å². The minimum absolute atomic E-state index is 0.130. The first kappa shape index (κ1) is 30.6. The van der Waals surface area contributed by atoms with Gasteiger partial charge in [-0.3, -0.25) is 14.4 Å². The monoisotopic (exact) mass is 543 g/mol. The van der Waals surface area contributed by atoms with Crippen LogP contribution in [0.25, 0.3) is 11.1 Å². The fourth-order valence-electron chi connectivity index (χ4n) is 5.41. The Morgan fingerprint density at radius 1 is 0.825 bits per heavy atom. The van der Waals surface area contributed by atoms with Gasteiger partial charge in [0.1, 0.15) is 0 Å². The number of benzene rings is 1. The van der Waals surface area contributed by atoms with E-state index in [1.165, 1.54) is 47.4 Å². The lowest BCUT2D eigenvalue weighted by molar-refractivity contribution is -0.119. The van der Waals surface area contributed by atoms with Gasteiger partial charge in [0.25, 0.3) is 0 Å². The van der Waals surface area contributed by atoms with E-state index in [1.807, 2.05) is 6.07 Å². The van der Waals surface area contributed by atoms with Crippen LogP contribution in [0.1, 0.15) is 97.9 Å². The average Bonchev–Trinajstić information content (AvgIpc) is 3.19.